The largest absolute Gasteiger partial charge is 0.329 e. The van der Waals surface area contributed by atoms with Crippen molar-refractivity contribution in [3.8, 4) is 0 Å². The molecule has 1 aromatic rings. The summed E-state index contributed by atoms with van der Waals surface area (Å²) in [5.74, 6) is -0.179. The number of imide groups is 1. The van der Waals surface area contributed by atoms with E-state index in [2.05, 4.69) is 10.4 Å². The Kier molecular flexibility index (Phi) is 2.18. The zero-order valence-electron chi connectivity index (χ0n) is 7.51. The van der Waals surface area contributed by atoms with Gasteiger partial charge in [0, 0.05) is 12.4 Å². The van der Waals surface area contributed by atoms with Gasteiger partial charge in [0.1, 0.15) is 0 Å². The number of carbonyl (C=O) groups is 2. The van der Waals surface area contributed by atoms with E-state index in [0.717, 1.165) is 0 Å². The molecule has 1 aliphatic heterocycles. The Hall–Kier alpha value is -1.85. The second kappa shape index (κ2) is 3.49. The SMILES string of the molecule is O=C1CNC(=O)N1CCn1cccn1. The molecule has 1 aromatic heterocycles. The topological polar surface area (TPSA) is 67.2 Å². The molecule has 1 saturated heterocycles. The zero-order valence-corrected chi connectivity index (χ0v) is 7.51. The van der Waals surface area contributed by atoms with Crippen LogP contribution in [0.2, 0.25) is 0 Å². The monoisotopic (exact) mass is 194 g/mol. The minimum atomic E-state index is -0.317. The van der Waals surface area contributed by atoms with Crippen LogP contribution in [0.4, 0.5) is 4.79 Å². The van der Waals surface area contributed by atoms with Gasteiger partial charge >= 0.3 is 6.03 Å². The summed E-state index contributed by atoms with van der Waals surface area (Å²) >= 11 is 0. The normalized spacial score (nSPS) is 16.1. The molecule has 74 valence electrons. The smallest absolute Gasteiger partial charge is 0.324 e. The van der Waals surface area contributed by atoms with Crippen LogP contribution < -0.4 is 5.32 Å². The molecule has 0 aromatic carbocycles. The van der Waals surface area contributed by atoms with Gasteiger partial charge < -0.3 is 5.32 Å². The number of aromatic nitrogens is 2. The van der Waals surface area contributed by atoms with Gasteiger partial charge in [0.2, 0.25) is 5.91 Å². The Morgan fingerprint density at radius 1 is 1.43 bits per heavy atom. The highest BCUT2D eigenvalue weighted by atomic mass is 16.2. The van der Waals surface area contributed by atoms with Crippen molar-refractivity contribution in [2.45, 2.75) is 6.54 Å². The Balaban J connectivity index is 1.92. The summed E-state index contributed by atoms with van der Waals surface area (Å²) in [5.41, 5.74) is 0. The molecular formula is C8H10N4O2. The first-order chi connectivity index (χ1) is 6.77. The molecule has 0 saturated carbocycles. The minimum Gasteiger partial charge on any atom is -0.329 e. The van der Waals surface area contributed by atoms with Crippen LogP contribution in [0.15, 0.2) is 18.5 Å². The van der Waals surface area contributed by atoms with Crippen molar-refractivity contribution in [1.29, 1.82) is 0 Å². The molecule has 2 heterocycles. The summed E-state index contributed by atoms with van der Waals surface area (Å²) in [5, 5.41) is 6.43. The van der Waals surface area contributed by atoms with Gasteiger partial charge in [-0.25, -0.2) is 4.79 Å². The fourth-order valence-electron chi connectivity index (χ4n) is 1.32. The van der Waals surface area contributed by atoms with Crippen LogP contribution in [0.5, 0.6) is 0 Å². The van der Waals surface area contributed by atoms with E-state index >= 15 is 0 Å². The standard InChI is InChI=1S/C8H10N4O2/c13-7-6-9-8(14)12(7)5-4-11-3-1-2-10-11/h1-3H,4-6H2,(H,9,14). The van der Waals surface area contributed by atoms with E-state index < -0.39 is 0 Å². The molecule has 1 N–H and O–H groups in total. The van der Waals surface area contributed by atoms with Crippen LogP contribution in [0.3, 0.4) is 0 Å². The molecule has 0 bridgehead atoms. The van der Waals surface area contributed by atoms with Gasteiger partial charge in [0.25, 0.3) is 0 Å². The maximum atomic E-state index is 11.2. The first kappa shape index (κ1) is 8.74. The Bertz CT molecular complexity index is 330. The van der Waals surface area contributed by atoms with E-state index in [1.807, 2.05) is 0 Å². The molecule has 0 spiro atoms. The number of amides is 3. The van der Waals surface area contributed by atoms with Gasteiger partial charge in [0.05, 0.1) is 19.6 Å². The lowest BCUT2D eigenvalue weighted by Gasteiger charge is -2.11. The highest BCUT2D eigenvalue weighted by Gasteiger charge is 2.27. The van der Waals surface area contributed by atoms with Crippen molar-refractivity contribution in [3.05, 3.63) is 18.5 Å². The number of urea groups is 1. The lowest BCUT2D eigenvalue weighted by Crippen LogP contribution is -2.33. The lowest BCUT2D eigenvalue weighted by molar-refractivity contribution is -0.125. The number of carbonyl (C=O) groups excluding carboxylic acids is 2. The summed E-state index contributed by atoms with van der Waals surface area (Å²) in [6, 6.07) is 1.48. The highest BCUT2D eigenvalue weighted by Crippen LogP contribution is 1.99. The summed E-state index contributed by atoms with van der Waals surface area (Å²) in [7, 11) is 0. The van der Waals surface area contributed by atoms with Crippen LogP contribution in [-0.4, -0.2) is 39.7 Å². The van der Waals surface area contributed by atoms with E-state index in [9.17, 15) is 9.59 Å². The van der Waals surface area contributed by atoms with Gasteiger partial charge in [-0.3, -0.25) is 14.4 Å². The molecule has 6 nitrogen and oxygen atoms in total. The average molecular weight is 194 g/mol. The quantitative estimate of drug-likeness (QED) is 0.655. The summed E-state index contributed by atoms with van der Waals surface area (Å²) < 4.78 is 1.68. The zero-order chi connectivity index (χ0) is 9.97. The first-order valence-electron chi connectivity index (χ1n) is 4.33. The van der Waals surface area contributed by atoms with Crippen molar-refractivity contribution >= 4 is 11.9 Å². The second-order valence-corrected chi connectivity index (χ2v) is 2.97. The maximum Gasteiger partial charge on any atom is 0.324 e. The van der Waals surface area contributed by atoms with E-state index in [4.69, 9.17) is 0 Å². The van der Waals surface area contributed by atoms with Gasteiger partial charge in [-0.15, -0.1) is 0 Å². The number of nitrogens with zero attached hydrogens (tertiary/aromatic N) is 3. The average Bonchev–Trinajstić information content (AvgIpc) is 2.76. The third-order valence-corrected chi connectivity index (χ3v) is 2.05. The fourth-order valence-corrected chi connectivity index (χ4v) is 1.32. The van der Waals surface area contributed by atoms with Crippen molar-refractivity contribution in [2.75, 3.05) is 13.1 Å². The molecular weight excluding hydrogens is 184 g/mol. The van der Waals surface area contributed by atoms with Crippen LogP contribution in [-0.2, 0) is 11.3 Å². The van der Waals surface area contributed by atoms with E-state index in [1.165, 1.54) is 4.90 Å². The second-order valence-electron chi connectivity index (χ2n) is 2.97. The summed E-state index contributed by atoms with van der Waals surface area (Å²) in [6.45, 7) is 1.01. The van der Waals surface area contributed by atoms with Gasteiger partial charge in [-0.1, -0.05) is 0 Å². The summed E-state index contributed by atoms with van der Waals surface area (Å²) in [6.07, 6.45) is 3.45. The van der Waals surface area contributed by atoms with Crippen LogP contribution in [0, 0.1) is 0 Å². The number of rotatable bonds is 3. The predicted molar refractivity (Wildman–Crippen MR) is 47.3 cm³/mol. The van der Waals surface area contributed by atoms with Crippen molar-refractivity contribution in [3.63, 3.8) is 0 Å². The molecule has 1 fully saturated rings. The Morgan fingerprint density at radius 3 is 2.86 bits per heavy atom. The molecule has 14 heavy (non-hydrogen) atoms. The summed E-state index contributed by atoms with van der Waals surface area (Å²) in [4.78, 5) is 23.5. The highest BCUT2D eigenvalue weighted by molar-refractivity contribution is 6.01. The number of nitrogens with one attached hydrogen (secondary N) is 1. The van der Waals surface area contributed by atoms with Gasteiger partial charge in [-0.05, 0) is 6.07 Å². The molecule has 1 aliphatic rings. The third-order valence-electron chi connectivity index (χ3n) is 2.05. The van der Waals surface area contributed by atoms with Gasteiger partial charge in [0.15, 0.2) is 0 Å². The maximum absolute atomic E-state index is 11.2. The van der Waals surface area contributed by atoms with Crippen LogP contribution in [0.1, 0.15) is 0 Å². The van der Waals surface area contributed by atoms with Crippen LogP contribution >= 0.6 is 0 Å². The van der Waals surface area contributed by atoms with E-state index in [1.54, 1.807) is 23.1 Å². The molecule has 0 aliphatic carbocycles. The fraction of sp³-hybridized carbons (Fsp3) is 0.375. The Labute approximate surface area is 80.5 Å². The molecule has 2 rings (SSSR count). The molecule has 0 atom stereocenters. The molecule has 0 unspecified atom stereocenters. The van der Waals surface area contributed by atoms with Gasteiger partial charge in [-0.2, -0.15) is 5.10 Å². The number of hydrogen-bond donors (Lipinski definition) is 1. The van der Waals surface area contributed by atoms with Crippen molar-refractivity contribution < 1.29 is 9.59 Å². The van der Waals surface area contributed by atoms with E-state index in [-0.39, 0.29) is 18.5 Å². The minimum absolute atomic E-state index is 0.109. The van der Waals surface area contributed by atoms with E-state index in [0.29, 0.717) is 13.1 Å². The lowest BCUT2D eigenvalue weighted by atomic mass is 10.5. The third kappa shape index (κ3) is 1.59. The predicted octanol–water partition coefficient (Wildman–Crippen LogP) is -0.565. The van der Waals surface area contributed by atoms with Crippen molar-refractivity contribution in [2.24, 2.45) is 0 Å². The first-order valence-corrected chi connectivity index (χ1v) is 4.33. The number of hydrogen-bond acceptors (Lipinski definition) is 3. The van der Waals surface area contributed by atoms with Crippen molar-refractivity contribution in [1.82, 2.24) is 20.0 Å². The molecule has 3 amide bonds. The molecule has 6 heteroatoms. The van der Waals surface area contributed by atoms with Crippen LogP contribution in [0.25, 0.3) is 0 Å². The molecule has 0 radical (unpaired) electrons. The Morgan fingerprint density at radius 2 is 2.29 bits per heavy atom.